The highest BCUT2D eigenvalue weighted by atomic mass is 19.1. The molecule has 1 aromatic carbocycles. The fourth-order valence-electron chi connectivity index (χ4n) is 2.90. The van der Waals surface area contributed by atoms with E-state index in [1.807, 2.05) is 0 Å². The summed E-state index contributed by atoms with van der Waals surface area (Å²) in [7, 11) is 0. The van der Waals surface area contributed by atoms with Crippen LogP contribution >= 0.6 is 0 Å². The summed E-state index contributed by atoms with van der Waals surface area (Å²) in [6.45, 7) is 0. The summed E-state index contributed by atoms with van der Waals surface area (Å²) >= 11 is 0. The van der Waals surface area contributed by atoms with Gasteiger partial charge in [0.1, 0.15) is 11.6 Å². The smallest absolute Gasteiger partial charge is 0.129 e. The van der Waals surface area contributed by atoms with E-state index in [1.165, 1.54) is 44.2 Å². The zero-order valence-electron chi connectivity index (χ0n) is 10.7. The second-order valence-electron chi connectivity index (χ2n) is 5.44. The van der Waals surface area contributed by atoms with E-state index in [0.29, 0.717) is 17.9 Å². The molecule has 2 rings (SSSR count). The lowest BCUT2D eigenvalue weighted by molar-refractivity contribution is 0.316. The highest BCUT2D eigenvalue weighted by molar-refractivity contribution is 5.19. The molecule has 1 nitrogen and oxygen atoms in total. The van der Waals surface area contributed by atoms with Crippen LogP contribution in [0.1, 0.15) is 44.1 Å². The van der Waals surface area contributed by atoms with Gasteiger partial charge in [0.2, 0.25) is 0 Å². The van der Waals surface area contributed by atoms with Gasteiger partial charge in [0.05, 0.1) is 0 Å². The molecule has 1 fully saturated rings. The first-order valence-electron chi connectivity index (χ1n) is 6.84. The van der Waals surface area contributed by atoms with Crippen molar-refractivity contribution in [2.75, 3.05) is 0 Å². The molecule has 0 saturated heterocycles. The fraction of sp³-hybridized carbons (Fsp3) is 0.600. The largest absolute Gasteiger partial charge is 0.327 e. The number of benzene rings is 1. The zero-order chi connectivity index (χ0) is 13.0. The molecule has 1 unspecified atom stereocenters. The molecule has 0 amide bonds. The minimum absolute atomic E-state index is 0.0203. The summed E-state index contributed by atoms with van der Waals surface area (Å²) in [5, 5.41) is 0. The molecule has 0 aliphatic heterocycles. The Kier molecular flexibility index (Phi) is 4.70. The third-order valence-corrected chi connectivity index (χ3v) is 3.86. The Morgan fingerprint density at radius 2 is 1.89 bits per heavy atom. The first-order chi connectivity index (χ1) is 8.65. The standard InChI is InChI=1S/C15H21F2N/c16-13-7-6-12(15(17)10-13)9-14(18)8-11-4-2-1-3-5-11/h6-7,10-11,14H,1-5,8-9,18H2. The normalized spacial score (nSPS) is 18.8. The summed E-state index contributed by atoms with van der Waals surface area (Å²) in [4.78, 5) is 0. The Balaban J connectivity index is 1.87. The van der Waals surface area contributed by atoms with Crippen LogP contribution in [0.2, 0.25) is 0 Å². The van der Waals surface area contributed by atoms with Gasteiger partial charge in [-0.1, -0.05) is 38.2 Å². The Labute approximate surface area is 107 Å². The molecule has 1 aliphatic carbocycles. The summed E-state index contributed by atoms with van der Waals surface area (Å²) in [6.07, 6.45) is 7.88. The van der Waals surface area contributed by atoms with Gasteiger partial charge in [-0.25, -0.2) is 8.78 Å². The van der Waals surface area contributed by atoms with E-state index < -0.39 is 11.6 Å². The molecule has 0 bridgehead atoms. The maximum Gasteiger partial charge on any atom is 0.129 e. The van der Waals surface area contributed by atoms with Crippen LogP contribution in [0.15, 0.2) is 18.2 Å². The molecule has 0 spiro atoms. The van der Waals surface area contributed by atoms with Gasteiger partial charge in [0, 0.05) is 12.1 Å². The Morgan fingerprint density at radius 1 is 1.17 bits per heavy atom. The third-order valence-electron chi connectivity index (χ3n) is 3.86. The summed E-state index contributed by atoms with van der Waals surface area (Å²) in [5.41, 5.74) is 6.61. The third kappa shape index (κ3) is 3.77. The van der Waals surface area contributed by atoms with E-state index in [0.717, 1.165) is 12.5 Å². The monoisotopic (exact) mass is 253 g/mol. The molecule has 1 aliphatic rings. The van der Waals surface area contributed by atoms with Crippen molar-refractivity contribution < 1.29 is 8.78 Å². The van der Waals surface area contributed by atoms with Crippen LogP contribution in [-0.2, 0) is 6.42 Å². The van der Waals surface area contributed by atoms with Crippen molar-refractivity contribution in [1.29, 1.82) is 0 Å². The minimum Gasteiger partial charge on any atom is -0.327 e. The van der Waals surface area contributed by atoms with Gasteiger partial charge in [-0.05, 0) is 30.4 Å². The Bertz CT molecular complexity index is 386. The Morgan fingerprint density at radius 3 is 2.56 bits per heavy atom. The quantitative estimate of drug-likeness (QED) is 0.867. The average molecular weight is 253 g/mol. The molecule has 2 N–H and O–H groups in total. The second kappa shape index (κ2) is 6.28. The van der Waals surface area contributed by atoms with Crippen LogP contribution in [0.3, 0.4) is 0 Å². The fourth-order valence-corrected chi connectivity index (χ4v) is 2.90. The average Bonchev–Trinajstić information content (AvgIpc) is 2.34. The van der Waals surface area contributed by atoms with Crippen molar-refractivity contribution in [3.63, 3.8) is 0 Å². The molecule has 1 aromatic rings. The van der Waals surface area contributed by atoms with Crippen LogP contribution in [0, 0.1) is 17.6 Å². The van der Waals surface area contributed by atoms with Crippen LogP contribution in [0.25, 0.3) is 0 Å². The molecule has 0 radical (unpaired) electrons. The molecular weight excluding hydrogens is 232 g/mol. The van der Waals surface area contributed by atoms with Gasteiger partial charge in [0.25, 0.3) is 0 Å². The van der Waals surface area contributed by atoms with Gasteiger partial charge in [-0.3, -0.25) is 0 Å². The molecule has 3 heteroatoms. The van der Waals surface area contributed by atoms with E-state index in [4.69, 9.17) is 5.73 Å². The first kappa shape index (κ1) is 13.5. The number of halogens is 2. The number of hydrogen-bond donors (Lipinski definition) is 1. The van der Waals surface area contributed by atoms with Crippen molar-refractivity contribution in [3.8, 4) is 0 Å². The summed E-state index contributed by atoms with van der Waals surface area (Å²) in [5.74, 6) is -0.316. The van der Waals surface area contributed by atoms with Crippen molar-refractivity contribution in [2.45, 2.75) is 51.0 Å². The van der Waals surface area contributed by atoms with Gasteiger partial charge in [0.15, 0.2) is 0 Å². The van der Waals surface area contributed by atoms with Gasteiger partial charge in [-0.2, -0.15) is 0 Å². The number of rotatable bonds is 4. The van der Waals surface area contributed by atoms with E-state index in [1.54, 1.807) is 0 Å². The zero-order valence-corrected chi connectivity index (χ0v) is 10.7. The molecule has 18 heavy (non-hydrogen) atoms. The Hall–Kier alpha value is -0.960. The lowest BCUT2D eigenvalue weighted by atomic mass is 9.84. The highest BCUT2D eigenvalue weighted by Gasteiger charge is 2.17. The second-order valence-corrected chi connectivity index (χ2v) is 5.44. The maximum atomic E-state index is 13.5. The van der Waals surface area contributed by atoms with Gasteiger partial charge < -0.3 is 5.73 Å². The number of hydrogen-bond acceptors (Lipinski definition) is 1. The highest BCUT2D eigenvalue weighted by Crippen LogP contribution is 2.27. The van der Waals surface area contributed by atoms with E-state index in [9.17, 15) is 8.78 Å². The molecule has 0 heterocycles. The molecule has 1 atom stereocenters. The summed E-state index contributed by atoms with van der Waals surface area (Å²) < 4.78 is 26.3. The van der Waals surface area contributed by atoms with Gasteiger partial charge in [-0.15, -0.1) is 0 Å². The molecule has 0 aromatic heterocycles. The van der Waals surface area contributed by atoms with Gasteiger partial charge >= 0.3 is 0 Å². The predicted octanol–water partition coefficient (Wildman–Crippen LogP) is 3.81. The van der Waals surface area contributed by atoms with Crippen molar-refractivity contribution in [3.05, 3.63) is 35.4 Å². The number of nitrogens with two attached hydrogens (primary N) is 1. The lowest BCUT2D eigenvalue weighted by Gasteiger charge is -2.24. The minimum atomic E-state index is -0.530. The molecule has 1 saturated carbocycles. The predicted molar refractivity (Wildman–Crippen MR) is 69.2 cm³/mol. The van der Waals surface area contributed by atoms with Crippen LogP contribution < -0.4 is 5.73 Å². The molecule has 100 valence electrons. The van der Waals surface area contributed by atoms with Crippen molar-refractivity contribution >= 4 is 0 Å². The van der Waals surface area contributed by atoms with E-state index in [2.05, 4.69) is 0 Å². The summed E-state index contributed by atoms with van der Waals surface area (Å²) in [6, 6.07) is 3.72. The lowest BCUT2D eigenvalue weighted by Crippen LogP contribution is -2.27. The van der Waals surface area contributed by atoms with E-state index in [-0.39, 0.29) is 6.04 Å². The maximum absolute atomic E-state index is 13.5. The van der Waals surface area contributed by atoms with Crippen LogP contribution in [0.5, 0.6) is 0 Å². The van der Waals surface area contributed by atoms with Crippen LogP contribution in [-0.4, -0.2) is 6.04 Å². The van der Waals surface area contributed by atoms with Crippen molar-refractivity contribution in [1.82, 2.24) is 0 Å². The van der Waals surface area contributed by atoms with Crippen molar-refractivity contribution in [2.24, 2.45) is 11.7 Å². The van der Waals surface area contributed by atoms with E-state index >= 15 is 0 Å². The molecular formula is C15H21F2N. The van der Waals surface area contributed by atoms with Crippen LogP contribution in [0.4, 0.5) is 8.78 Å². The SMILES string of the molecule is NC(Cc1ccc(F)cc1F)CC1CCCCC1. The topological polar surface area (TPSA) is 26.0 Å². The first-order valence-corrected chi connectivity index (χ1v) is 6.84.